The molecular weight excluding hydrogens is 358 g/mol. The Balaban J connectivity index is 1.88. The van der Waals surface area contributed by atoms with Crippen molar-refractivity contribution in [3.05, 3.63) is 90.8 Å². The highest BCUT2D eigenvalue weighted by Gasteiger charge is 2.42. The molecule has 1 unspecified atom stereocenters. The number of para-hydroxylation sites is 1. The average Bonchev–Trinajstić information content (AvgIpc) is 2.73. The Morgan fingerprint density at radius 2 is 1.61 bits per heavy atom. The summed E-state index contributed by atoms with van der Waals surface area (Å²) in [5.74, 6) is -2.50. The average molecular weight is 379 g/mol. The molecule has 0 saturated carbocycles. The number of nitrogens with one attached hydrogen (secondary N) is 1. The third-order valence-electron chi connectivity index (χ3n) is 4.33. The molecule has 7 heteroatoms. The molecule has 0 aliphatic carbocycles. The van der Waals surface area contributed by atoms with Gasteiger partial charge in [0.05, 0.1) is 0 Å². The Labute approximate surface area is 162 Å². The fourth-order valence-electron chi connectivity index (χ4n) is 2.86. The first kappa shape index (κ1) is 19.2. The number of hydrogen-bond donors (Lipinski definition) is 3. The maximum atomic E-state index is 13.0. The van der Waals surface area contributed by atoms with Crippen LogP contribution in [0.1, 0.15) is 5.56 Å². The summed E-state index contributed by atoms with van der Waals surface area (Å²) in [5, 5.41) is 14.0. The van der Waals surface area contributed by atoms with Gasteiger partial charge in [-0.25, -0.2) is 0 Å². The van der Waals surface area contributed by atoms with E-state index in [-0.39, 0.29) is 6.42 Å². The van der Waals surface area contributed by atoms with Gasteiger partial charge >= 0.3 is 0 Å². The molecule has 1 heterocycles. The van der Waals surface area contributed by atoms with Crippen molar-refractivity contribution in [2.75, 3.05) is 0 Å². The highest BCUT2D eigenvalue weighted by Crippen LogP contribution is 2.27. The minimum atomic E-state index is -1.62. The van der Waals surface area contributed by atoms with Gasteiger partial charge in [-0.2, -0.15) is 5.06 Å². The van der Waals surface area contributed by atoms with E-state index in [1.807, 2.05) is 12.1 Å². The van der Waals surface area contributed by atoms with E-state index in [9.17, 15) is 14.8 Å². The normalized spacial score (nSPS) is 15.3. The molecule has 1 atom stereocenters. The van der Waals surface area contributed by atoms with Crippen LogP contribution in [0.4, 0.5) is 0 Å². The lowest BCUT2D eigenvalue weighted by atomic mass is 9.96. The van der Waals surface area contributed by atoms with Crippen molar-refractivity contribution >= 4 is 11.8 Å². The second-order valence-electron chi connectivity index (χ2n) is 6.30. The van der Waals surface area contributed by atoms with Crippen LogP contribution in [-0.2, 0) is 16.0 Å². The van der Waals surface area contributed by atoms with Crippen molar-refractivity contribution in [1.29, 1.82) is 0 Å². The monoisotopic (exact) mass is 379 g/mol. The second-order valence-corrected chi connectivity index (χ2v) is 6.30. The zero-order valence-corrected chi connectivity index (χ0v) is 15.1. The highest BCUT2D eigenvalue weighted by molar-refractivity contribution is 5.99. The van der Waals surface area contributed by atoms with Crippen LogP contribution in [0.5, 0.6) is 5.75 Å². The zero-order chi connectivity index (χ0) is 20.0. The molecule has 1 aliphatic rings. The van der Waals surface area contributed by atoms with Crippen molar-refractivity contribution < 1.29 is 19.5 Å². The van der Waals surface area contributed by atoms with Crippen molar-refractivity contribution in [1.82, 2.24) is 10.4 Å². The van der Waals surface area contributed by atoms with Gasteiger partial charge in [-0.15, -0.1) is 0 Å². The summed E-state index contributed by atoms with van der Waals surface area (Å²) in [6.07, 6.45) is 6.06. The van der Waals surface area contributed by atoms with E-state index in [1.165, 1.54) is 24.6 Å². The molecule has 0 radical (unpaired) electrons. The molecule has 3 rings (SSSR count). The number of primary amides is 1. The maximum absolute atomic E-state index is 13.0. The number of carbonyl (C=O) groups is 2. The molecule has 2 amide bonds. The molecule has 4 N–H and O–H groups in total. The number of hydrogen-bond acceptors (Lipinski definition) is 5. The Hall–Kier alpha value is -3.58. The Kier molecular flexibility index (Phi) is 5.76. The van der Waals surface area contributed by atoms with Crippen molar-refractivity contribution in [3.63, 3.8) is 0 Å². The quantitative estimate of drug-likeness (QED) is 0.295. The number of rotatable bonds is 7. The predicted molar refractivity (Wildman–Crippen MR) is 103 cm³/mol. The summed E-state index contributed by atoms with van der Waals surface area (Å²) in [4.78, 5) is 25.0. The van der Waals surface area contributed by atoms with Gasteiger partial charge in [-0.1, -0.05) is 48.5 Å². The number of nitrogens with two attached hydrogens (primary N) is 1. The largest absolute Gasteiger partial charge is 0.458 e. The van der Waals surface area contributed by atoms with Crippen LogP contribution in [0, 0.1) is 5.92 Å². The summed E-state index contributed by atoms with van der Waals surface area (Å²) in [5.41, 5.74) is 4.60. The third kappa shape index (κ3) is 4.21. The molecule has 0 bridgehead atoms. The lowest BCUT2D eigenvalue weighted by Crippen LogP contribution is -2.56. The summed E-state index contributed by atoms with van der Waals surface area (Å²) in [7, 11) is 0. The number of ether oxygens (including phenoxy) is 1. The molecule has 2 aromatic rings. The van der Waals surface area contributed by atoms with Crippen molar-refractivity contribution in [2.24, 2.45) is 11.7 Å². The number of nitrogens with zero attached hydrogens (tertiary/aromatic N) is 1. The third-order valence-corrected chi connectivity index (χ3v) is 4.33. The van der Waals surface area contributed by atoms with Crippen LogP contribution in [0.15, 0.2) is 85.2 Å². The Morgan fingerprint density at radius 1 is 1.04 bits per heavy atom. The van der Waals surface area contributed by atoms with E-state index in [0.29, 0.717) is 10.8 Å². The molecule has 0 spiro atoms. The van der Waals surface area contributed by atoms with E-state index >= 15 is 0 Å². The molecule has 1 aliphatic heterocycles. The summed E-state index contributed by atoms with van der Waals surface area (Å²) in [6, 6.07) is 17.7. The summed E-state index contributed by atoms with van der Waals surface area (Å²) >= 11 is 0. The molecule has 0 saturated heterocycles. The molecule has 0 fully saturated rings. The van der Waals surface area contributed by atoms with Gasteiger partial charge < -0.3 is 15.8 Å². The predicted octanol–water partition coefficient (Wildman–Crippen LogP) is 1.95. The fraction of sp³-hybridized carbons (Fsp3) is 0.143. The highest BCUT2D eigenvalue weighted by atomic mass is 16.6. The molecule has 0 aromatic heterocycles. The number of amides is 2. The Bertz CT molecular complexity index is 869. The first-order chi connectivity index (χ1) is 13.5. The van der Waals surface area contributed by atoms with Crippen molar-refractivity contribution in [2.45, 2.75) is 12.1 Å². The van der Waals surface area contributed by atoms with Crippen LogP contribution in [0.3, 0.4) is 0 Å². The second kappa shape index (κ2) is 8.41. The smallest absolute Gasteiger partial charge is 0.263 e. The SMILES string of the molecule is NC(=O)C(Cc1ccccc1)C(=O)N(O)C1(Oc2ccccc2)C=CNC=C1. The number of dihydropyridines is 1. The van der Waals surface area contributed by atoms with E-state index in [4.69, 9.17) is 10.5 Å². The fourth-order valence-corrected chi connectivity index (χ4v) is 2.86. The maximum Gasteiger partial charge on any atom is 0.263 e. The number of carbonyl (C=O) groups excluding carboxylic acids is 2. The molecule has 7 nitrogen and oxygen atoms in total. The van der Waals surface area contributed by atoms with Gasteiger partial charge in [0.2, 0.25) is 11.6 Å². The van der Waals surface area contributed by atoms with Gasteiger partial charge in [-0.05, 0) is 24.1 Å². The zero-order valence-electron chi connectivity index (χ0n) is 15.1. The first-order valence-corrected chi connectivity index (χ1v) is 8.73. The van der Waals surface area contributed by atoms with Crippen LogP contribution in [0.25, 0.3) is 0 Å². The van der Waals surface area contributed by atoms with Crippen LogP contribution < -0.4 is 15.8 Å². The van der Waals surface area contributed by atoms with Crippen LogP contribution >= 0.6 is 0 Å². The summed E-state index contributed by atoms with van der Waals surface area (Å²) < 4.78 is 5.90. The van der Waals surface area contributed by atoms with Crippen molar-refractivity contribution in [3.8, 4) is 5.75 Å². The van der Waals surface area contributed by atoms with Gasteiger partial charge in [0, 0.05) is 24.6 Å². The molecular formula is C21H21N3O4. The standard InChI is InChI=1S/C21H21N3O4/c22-19(25)18(15-16-7-3-1-4-8-16)20(26)24(27)21(11-13-23-14-12-21)28-17-9-5-2-6-10-17/h1-14,18,23,27H,15H2,(H2,22,25). The van der Waals surface area contributed by atoms with Crippen LogP contribution in [0.2, 0.25) is 0 Å². The van der Waals surface area contributed by atoms with Gasteiger partial charge in [0.15, 0.2) is 0 Å². The van der Waals surface area contributed by atoms with Gasteiger partial charge in [-0.3, -0.25) is 14.8 Å². The lowest BCUT2D eigenvalue weighted by molar-refractivity contribution is -0.215. The van der Waals surface area contributed by atoms with Gasteiger partial charge in [0.1, 0.15) is 11.7 Å². The first-order valence-electron chi connectivity index (χ1n) is 8.73. The minimum Gasteiger partial charge on any atom is -0.458 e. The van der Waals surface area contributed by atoms with E-state index in [2.05, 4.69) is 5.32 Å². The molecule has 144 valence electrons. The topological polar surface area (TPSA) is 105 Å². The van der Waals surface area contributed by atoms with E-state index in [0.717, 1.165) is 5.56 Å². The summed E-state index contributed by atoms with van der Waals surface area (Å²) in [6.45, 7) is 0. The number of benzene rings is 2. The van der Waals surface area contributed by atoms with Gasteiger partial charge in [0.25, 0.3) is 5.91 Å². The van der Waals surface area contributed by atoms with Crippen LogP contribution in [-0.4, -0.2) is 27.8 Å². The molecule has 28 heavy (non-hydrogen) atoms. The molecule has 2 aromatic carbocycles. The van der Waals surface area contributed by atoms with E-state index < -0.39 is 23.5 Å². The van der Waals surface area contributed by atoms with E-state index in [1.54, 1.807) is 48.5 Å². The number of hydroxylamine groups is 2. The lowest BCUT2D eigenvalue weighted by Gasteiger charge is -2.37. The minimum absolute atomic E-state index is 0.0686. The Morgan fingerprint density at radius 3 is 2.18 bits per heavy atom.